The molecule has 0 unspecified atom stereocenters. The third kappa shape index (κ3) is 5.82. The quantitative estimate of drug-likeness (QED) is 0.778. The Kier molecular flexibility index (Phi) is 5.35. The third-order valence-corrected chi connectivity index (χ3v) is 2.52. The number of hydrogen-bond acceptors (Lipinski definition) is 3. The lowest BCUT2D eigenvalue weighted by molar-refractivity contribution is -0.128. The van der Waals surface area contributed by atoms with E-state index in [1.807, 2.05) is 45.0 Å². The summed E-state index contributed by atoms with van der Waals surface area (Å²) in [5.41, 5.74) is 0.885. The van der Waals surface area contributed by atoms with Crippen molar-refractivity contribution in [2.24, 2.45) is 0 Å². The molecule has 0 aromatic heterocycles. The predicted molar refractivity (Wildman–Crippen MR) is 72.0 cm³/mol. The van der Waals surface area contributed by atoms with E-state index >= 15 is 0 Å². The molecule has 1 rings (SSSR count). The highest BCUT2D eigenvalue weighted by molar-refractivity contribution is 5.79. The summed E-state index contributed by atoms with van der Waals surface area (Å²) in [7, 11) is 1.64. The van der Waals surface area contributed by atoms with Crippen molar-refractivity contribution in [3.05, 3.63) is 29.8 Å². The maximum absolute atomic E-state index is 11.6. The number of carbonyl (C=O) groups is 1. The average Bonchev–Trinajstić information content (AvgIpc) is 2.33. The fourth-order valence-electron chi connectivity index (χ4n) is 1.45. The highest BCUT2D eigenvalue weighted by Gasteiger charge is 2.12. The van der Waals surface area contributed by atoms with Crippen LogP contribution in [0.4, 0.5) is 0 Å². The van der Waals surface area contributed by atoms with E-state index in [0.29, 0.717) is 6.42 Å². The summed E-state index contributed by atoms with van der Waals surface area (Å²) in [5, 5.41) is 0. The van der Waals surface area contributed by atoms with Gasteiger partial charge in [0.25, 0.3) is 0 Å². The number of rotatable bonds is 6. The molecule has 1 aromatic rings. The summed E-state index contributed by atoms with van der Waals surface area (Å²) < 4.78 is 10.5. The van der Waals surface area contributed by atoms with Gasteiger partial charge in [-0.05, 0) is 44.9 Å². The summed E-state index contributed by atoms with van der Waals surface area (Å²) in [6, 6.07) is 7.78. The lowest BCUT2D eigenvalue weighted by Gasteiger charge is -2.18. The smallest absolute Gasteiger partial charge is 0.158 e. The molecule has 0 fully saturated rings. The summed E-state index contributed by atoms with van der Waals surface area (Å²) >= 11 is 0. The highest BCUT2D eigenvalue weighted by Crippen LogP contribution is 2.13. The number of Topliss-reactive ketones (excluding diaryl/α,β-unsaturated/α-hetero) is 1. The van der Waals surface area contributed by atoms with Gasteiger partial charge in [-0.25, -0.2) is 0 Å². The molecule has 0 aliphatic heterocycles. The average molecular weight is 250 g/mol. The van der Waals surface area contributed by atoms with Crippen LogP contribution in [-0.2, 0) is 16.0 Å². The maximum atomic E-state index is 11.6. The molecule has 0 aliphatic rings. The number of carbonyl (C=O) groups excluding carboxylic acids is 1. The van der Waals surface area contributed by atoms with Gasteiger partial charge in [-0.15, -0.1) is 0 Å². The van der Waals surface area contributed by atoms with Crippen LogP contribution in [-0.4, -0.2) is 25.1 Å². The molecular formula is C15H22O3. The number of aryl methyl sites for hydroxylation is 1. The van der Waals surface area contributed by atoms with Gasteiger partial charge < -0.3 is 9.47 Å². The molecule has 0 saturated carbocycles. The molecule has 0 saturated heterocycles. The maximum Gasteiger partial charge on any atom is 0.158 e. The Morgan fingerprint density at radius 1 is 1.17 bits per heavy atom. The van der Waals surface area contributed by atoms with Crippen LogP contribution >= 0.6 is 0 Å². The zero-order valence-corrected chi connectivity index (χ0v) is 11.7. The van der Waals surface area contributed by atoms with Gasteiger partial charge in [0.05, 0.1) is 12.7 Å². The minimum absolute atomic E-state index is 0.140. The van der Waals surface area contributed by atoms with Crippen LogP contribution in [0, 0.1) is 0 Å². The zero-order chi connectivity index (χ0) is 13.6. The van der Waals surface area contributed by atoms with Gasteiger partial charge in [0.15, 0.2) is 5.78 Å². The Hall–Kier alpha value is -1.35. The van der Waals surface area contributed by atoms with Gasteiger partial charge in [-0.2, -0.15) is 0 Å². The first-order valence-corrected chi connectivity index (χ1v) is 6.19. The van der Waals surface area contributed by atoms with E-state index in [4.69, 9.17) is 9.47 Å². The number of ketones is 1. The summed E-state index contributed by atoms with van der Waals surface area (Å²) in [6.45, 7) is 6.04. The Balaban J connectivity index is 2.33. The van der Waals surface area contributed by atoms with Crippen LogP contribution in [0.15, 0.2) is 24.3 Å². The standard InChI is InChI=1S/C15H22O3/c1-15(2,3)18-11-13(16)8-5-12-6-9-14(17-4)10-7-12/h6-7,9-10H,5,8,11H2,1-4H3. The normalized spacial score (nSPS) is 11.3. The van der Waals surface area contributed by atoms with E-state index in [0.717, 1.165) is 17.7 Å². The first kappa shape index (κ1) is 14.7. The van der Waals surface area contributed by atoms with Gasteiger partial charge in [0.1, 0.15) is 12.4 Å². The molecule has 0 aliphatic carbocycles. The molecule has 0 radical (unpaired) electrons. The minimum atomic E-state index is -0.254. The number of methoxy groups -OCH3 is 1. The van der Waals surface area contributed by atoms with Crippen molar-refractivity contribution in [1.82, 2.24) is 0 Å². The first-order chi connectivity index (χ1) is 8.40. The fourth-order valence-corrected chi connectivity index (χ4v) is 1.45. The molecule has 100 valence electrons. The van der Waals surface area contributed by atoms with Crippen molar-refractivity contribution >= 4 is 5.78 Å². The summed E-state index contributed by atoms with van der Waals surface area (Å²) in [5.74, 6) is 0.974. The van der Waals surface area contributed by atoms with E-state index in [1.165, 1.54) is 0 Å². The Morgan fingerprint density at radius 2 is 1.78 bits per heavy atom. The Morgan fingerprint density at radius 3 is 2.28 bits per heavy atom. The van der Waals surface area contributed by atoms with E-state index in [-0.39, 0.29) is 18.0 Å². The second kappa shape index (κ2) is 6.55. The molecule has 0 N–H and O–H groups in total. The van der Waals surface area contributed by atoms with Gasteiger partial charge in [-0.1, -0.05) is 12.1 Å². The van der Waals surface area contributed by atoms with Crippen molar-refractivity contribution in [2.75, 3.05) is 13.7 Å². The van der Waals surface area contributed by atoms with Crippen LogP contribution in [0.1, 0.15) is 32.8 Å². The zero-order valence-electron chi connectivity index (χ0n) is 11.7. The summed E-state index contributed by atoms with van der Waals surface area (Å²) in [6.07, 6.45) is 1.26. The number of benzene rings is 1. The number of ether oxygens (including phenoxy) is 2. The molecule has 1 aromatic carbocycles. The minimum Gasteiger partial charge on any atom is -0.497 e. The van der Waals surface area contributed by atoms with Crippen LogP contribution in [0.2, 0.25) is 0 Å². The van der Waals surface area contributed by atoms with Crippen molar-refractivity contribution in [3.8, 4) is 5.75 Å². The highest BCUT2D eigenvalue weighted by atomic mass is 16.5. The molecule has 0 amide bonds. The topological polar surface area (TPSA) is 35.5 Å². The van der Waals surface area contributed by atoms with Crippen molar-refractivity contribution in [1.29, 1.82) is 0 Å². The predicted octanol–water partition coefficient (Wildman–Crippen LogP) is 3.01. The molecular weight excluding hydrogens is 228 g/mol. The molecule has 0 bridgehead atoms. The van der Waals surface area contributed by atoms with Gasteiger partial charge in [0.2, 0.25) is 0 Å². The van der Waals surface area contributed by atoms with Crippen LogP contribution < -0.4 is 4.74 Å². The number of hydrogen-bond donors (Lipinski definition) is 0. The molecule has 0 spiro atoms. The van der Waals surface area contributed by atoms with Crippen molar-refractivity contribution < 1.29 is 14.3 Å². The van der Waals surface area contributed by atoms with Crippen molar-refractivity contribution in [3.63, 3.8) is 0 Å². The van der Waals surface area contributed by atoms with E-state index < -0.39 is 0 Å². The molecule has 3 heteroatoms. The molecule has 18 heavy (non-hydrogen) atoms. The molecule has 0 heterocycles. The van der Waals surface area contributed by atoms with Crippen LogP contribution in [0.25, 0.3) is 0 Å². The van der Waals surface area contributed by atoms with Crippen molar-refractivity contribution in [2.45, 2.75) is 39.2 Å². The van der Waals surface area contributed by atoms with Crippen LogP contribution in [0.5, 0.6) is 5.75 Å². The summed E-state index contributed by atoms with van der Waals surface area (Å²) in [4.78, 5) is 11.6. The van der Waals surface area contributed by atoms with E-state index in [2.05, 4.69) is 0 Å². The van der Waals surface area contributed by atoms with E-state index in [1.54, 1.807) is 7.11 Å². The SMILES string of the molecule is COc1ccc(CCC(=O)COC(C)(C)C)cc1. The first-order valence-electron chi connectivity index (χ1n) is 6.19. The van der Waals surface area contributed by atoms with Gasteiger partial charge in [-0.3, -0.25) is 4.79 Å². The third-order valence-electron chi connectivity index (χ3n) is 2.52. The molecule has 0 atom stereocenters. The second-order valence-electron chi connectivity index (χ2n) is 5.29. The lowest BCUT2D eigenvalue weighted by Crippen LogP contribution is -2.23. The monoisotopic (exact) mass is 250 g/mol. The van der Waals surface area contributed by atoms with Gasteiger partial charge >= 0.3 is 0 Å². The Labute approximate surface area is 109 Å². The van der Waals surface area contributed by atoms with Crippen LogP contribution in [0.3, 0.4) is 0 Å². The lowest BCUT2D eigenvalue weighted by atomic mass is 10.1. The largest absolute Gasteiger partial charge is 0.497 e. The van der Waals surface area contributed by atoms with E-state index in [9.17, 15) is 4.79 Å². The Bertz CT molecular complexity index is 374. The second-order valence-corrected chi connectivity index (χ2v) is 5.29. The molecule has 3 nitrogen and oxygen atoms in total. The fraction of sp³-hybridized carbons (Fsp3) is 0.533. The van der Waals surface area contributed by atoms with Gasteiger partial charge in [0, 0.05) is 6.42 Å².